The molecule has 1 nitrogen and oxygen atoms in total. The average Bonchev–Trinajstić information content (AvgIpc) is 2.36. The molecular formula is C14H12ClF2N. The summed E-state index contributed by atoms with van der Waals surface area (Å²) in [5.41, 5.74) is 6.90. The molecule has 2 aromatic carbocycles. The molecule has 0 amide bonds. The van der Waals surface area contributed by atoms with Gasteiger partial charge in [0, 0.05) is 17.1 Å². The zero-order valence-electron chi connectivity index (χ0n) is 9.81. The second-order valence-electron chi connectivity index (χ2n) is 4.07. The topological polar surface area (TPSA) is 26.0 Å². The van der Waals surface area contributed by atoms with Crippen LogP contribution in [0.25, 0.3) is 11.1 Å². The highest BCUT2D eigenvalue weighted by atomic mass is 35.5. The fourth-order valence-corrected chi connectivity index (χ4v) is 2.01. The van der Waals surface area contributed by atoms with Crippen LogP contribution in [0.2, 0.25) is 5.02 Å². The molecule has 0 aromatic heterocycles. The van der Waals surface area contributed by atoms with Crippen LogP contribution in [0.4, 0.5) is 8.78 Å². The third-order valence-electron chi connectivity index (χ3n) is 2.82. The van der Waals surface area contributed by atoms with Gasteiger partial charge < -0.3 is 5.73 Å². The first kappa shape index (κ1) is 13.0. The zero-order valence-corrected chi connectivity index (χ0v) is 10.6. The van der Waals surface area contributed by atoms with E-state index in [0.717, 1.165) is 5.56 Å². The van der Waals surface area contributed by atoms with Crippen molar-refractivity contribution >= 4 is 11.6 Å². The summed E-state index contributed by atoms with van der Waals surface area (Å²) in [5.74, 6) is -1.22. The van der Waals surface area contributed by atoms with Crippen molar-refractivity contribution in [3.8, 4) is 11.1 Å². The summed E-state index contributed by atoms with van der Waals surface area (Å²) in [6.07, 6.45) is 0. The highest BCUT2D eigenvalue weighted by molar-refractivity contribution is 6.33. The molecule has 0 bridgehead atoms. The van der Waals surface area contributed by atoms with Gasteiger partial charge in [-0.25, -0.2) is 8.78 Å². The largest absolute Gasteiger partial charge is 0.326 e. The molecule has 0 saturated heterocycles. The van der Waals surface area contributed by atoms with Crippen molar-refractivity contribution in [2.75, 3.05) is 0 Å². The van der Waals surface area contributed by atoms with Crippen molar-refractivity contribution in [3.05, 3.63) is 58.1 Å². The van der Waals surface area contributed by atoms with Gasteiger partial charge in [-0.1, -0.05) is 23.7 Å². The van der Waals surface area contributed by atoms with E-state index in [4.69, 9.17) is 17.3 Å². The summed E-state index contributed by atoms with van der Waals surface area (Å²) in [7, 11) is 0. The van der Waals surface area contributed by atoms with Crippen LogP contribution in [0, 0.1) is 18.6 Å². The molecule has 94 valence electrons. The minimum absolute atomic E-state index is 0.102. The molecule has 0 spiro atoms. The van der Waals surface area contributed by atoms with Gasteiger partial charge in [0.25, 0.3) is 0 Å². The summed E-state index contributed by atoms with van der Waals surface area (Å²) in [6.45, 7) is 1.87. The first-order valence-corrected chi connectivity index (χ1v) is 5.86. The van der Waals surface area contributed by atoms with E-state index in [1.807, 2.05) is 0 Å². The average molecular weight is 268 g/mol. The second kappa shape index (κ2) is 5.04. The van der Waals surface area contributed by atoms with Crippen molar-refractivity contribution in [1.82, 2.24) is 0 Å². The first-order valence-electron chi connectivity index (χ1n) is 5.48. The van der Waals surface area contributed by atoms with E-state index in [9.17, 15) is 8.78 Å². The highest BCUT2D eigenvalue weighted by Gasteiger charge is 2.16. The van der Waals surface area contributed by atoms with E-state index in [1.165, 1.54) is 12.1 Å². The lowest BCUT2D eigenvalue weighted by Crippen LogP contribution is -1.99. The predicted molar refractivity (Wildman–Crippen MR) is 69.4 cm³/mol. The Morgan fingerprint density at radius 1 is 1.17 bits per heavy atom. The maximum Gasteiger partial charge on any atom is 0.136 e. The Hall–Kier alpha value is -1.45. The van der Waals surface area contributed by atoms with Crippen molar-refractivity contribution in [3.63, 3.8) is 0 Å². The van der Waals surface area contributed by atoms with Gasteiger partial charge in [-0.15, -0.1) is 0 Å². The second-order valence-corrected chi connectivity index (χ2v) is 4.48. The lowest BCUT2D eigenvalue weighted by Gasteiger charge is -2.10. The number of nitrogens with two attached hydrogens (primary N) is 1. The standard InChI is InChI=1S/C14H12ClF2N/c1-8-2-5-12(16)13(14(8)17)10-6-9(7-18)3-4-11(10)15/h2-6H,7,18H2,1H3. The van der Waals surface area contributed by atoms with Gasteiger partial charge in [0.1, 0.15) is 11.6 Å². The number of aryl methyl sites for hydroxylation is 1. The van der Waals surface area contributed by atoms with Gasteiger partial charge in [-0.3, -0.25) is 0 Å². The molecule has 2 aromatic rings. The van der Waals surface area contributed by atoms with Crippen LogP contribution in [-0.2, 0) is 6.54 Å². The molecule has 2 rings (SSSR count). The molecule has 0 aliphatic heterocycles. The molecule has 0 aliphatic carbocycles. The molecule has 0 fully saturated rings. The van der Waals surface area contributed by atoms with Crippen LogP contribution < -0.4 is 5.73 Å². The quantitative estimate of drug-likeness (QED) is 0.873. The zero-order chi connectivity index (χ0) is 13.3. The molecule has 2 N–H and O–H groups in total. The molecule has 0 radical (unpaired) electrons. The van der Waals surface area contributed by atoms with E-state index in [-0.39, 0.29) is 5.56 Å². The Morgan fingerprint density at radius 2 is 1.89 bits per heavy atom. The predicted octanol–water partition coefficient (Wildman–Crippen LogP) is 4.05. The Labute approximate surface area is 109 Å². The number of hydrogen-bond acceptors (Lipinski definition) is 1. The fourth-order valence-electron chi connectivity index (χ4n) is 1.79. The molecule has 0 aliphatic rings. The normalized spacial score (nSPS) is 10.7. The monoisotopic (exact) mass is 267 g/mol. The third kappa shape index (κ3) is 2.24. The smallest absolute Gasteiger partial charge is 0.136 e. The van der Waals surface area contributed by atoms with Gasteiger partial charge in [-0.05, 0) is 36.2 Å². The van der Waals surface area contributed by atoms with Crippen LogP contribution in [0.5, 0.6) is 0 Å². The summed E-state index contributed by atoms with van der Waals surface area (Å²) in [6, 6.07) is 7.58. The molecule has 0 saturated carbocycles. The van der Waals surface area contributed by atoms with Crippen molar-refractivity contribution in [1.29, 1.82) is 0 Å². The molecule has 0 atom stereocenters. The lowest BCUT2D eigenvalue weighted by atomic mass is 10.00. The van der Waals surface area contributed by atoms with Crippen LogP contribution in [0.3, 0.4) is 0 Å². The summed E-state index contributed by atoms with van der Waals surface area (Å²) >= 11 is 6.01. The van der Waals surface area contributed by atoms with E-state index < -0.39 is 11.6 Å². The van der Waals surface area contributed by atoms with Gasteiger partial charge in [0.2, 0.25) is 0 Å². The summed E-state index contributed by atoms with van der Waals surface area (Å²) in [5, 5.41) is 0.301. The minimum Gasteiger partial charge on any atom is -0.326 e. The van der Waals surface area contributed by atoms with Crippen molar-refractivity contribution in [2.24, 2.45) is 5.73 Å². The van der Waals surface area contributed by atoms with Gasteiger partial charge in [-0.2, -0.15) is 0 Å². The Morgan fingerprint density at radius 3 is 2.56 bits per heavy atom. The fraction of sp³-hybridized carbons (Fsp3) is 0.143. The van der Waals surface area contributed by atoms with Gasteiger partial charge in [0.15, 0.2) is 0 Å². The van der Waals surface area contributed by atoms with Crippen LogP contribution in [0.15, 0.2) is 30.3 Å². The maximum absolute atomic E-state index is 14.0. The Balaban J connectivity index is 2.72. The SMILES string of the molecule is Cc1ccc(F)c(-c2cc(CN)ccc2Cl)c1F. The van der Waals surface area contributed by atoms with E-state index in [1.54, 1.807) is 25.1 Å². The Bertz CT molecular complexity index is 597. The van der Waals surface area contributed by atoms with Gasteiger partial charge >= 0.3 is 0 Å². The number of hydrogen-bond donors (Lipinski definition) is 1. The van der Waals surface area contributed by atoms with Crippen LogP contribution in [0.1, 0.15) is 11.1 Å². The van der Waals surface area contributed by atoms with Crippen LogP contribution in [-0.4, -0.2) is 0 Å². The number of benzene rings is 2. The van der Waals surface area contributed by atoms with Crippen molar-refractivity contribution < 1.29 is 8.78 Å². The summed E-state index contributed by atoms with van der Waals surface area (Å²) in [4.78, 5) is 0. The molecular weight excluding hydrogens is 256 g/mol. The van der Waals surface area contributed by atoms with Crippen LogP contribution >= 0.6 is 11.6 Å². The Kier molecular flexibility index (Phi) is 3.64. The van der Waals surface area contributed by atoms with E-state index in [0.29, 0.717) is 22.7 Å². The minimum atomic E-state index is -0.630. The third-order valence-corrected chi connectivity index (χ3v) is 3.15. The molecule has 18 heavy (non-hydrogen) atoms. The van der Waals surface area contributed by atoms with Gasteiger partial charge in [0.05, 0.1) is 5.56 Å². The molecule has 4 heteroatoms. The number of rotatable bonds is 2. The molecule has 0 unspecified atom stereocenters. The highest BCUT2D eigenvalue weighted by Crippen LogP contribution is 2.33. The number of halogens is 3. The molecule has 0 heterocycles. The van der Waals surface area contributed by atoms with E-state index >= 15 is 0 Å². The first-order chi connectivity index (χ1) is 8.54. The lowest BCUT2D eigenvalue weighted by molar-refractivity contribution is 0.584. The van der Waals surface area contributed by atoms with Crippen molar-refractivity contribution in [2.45, 2.75) is 13.5 Å². The van der Waals surface area contributed by atoms with E-state index in [2.05, 4.69) is 0 Å². The maximum atomic E-state index is 14.0. The summed E-state index contributed by atoms with van der Waals surface area (Å²) < 4.78 is 27.8.